The van der Waals surface area contributed by atoms with Crippen molar-refractivity contribution in [3.63, 3.8) is 0 Å². The fraction of sp³-hybridized carbons (Fsp3) is 0.571. The summed E-state index contributed by atoms with van der Waals surface area (Å²) in [6, 6.07) is 2.69. The van der Waals surface area contributed by atoms with E-state index >= 15 is 0 Å². The molecule has 9 heavy (non-hydrogen) atoms. The van der Waals surface area contributed by atoms with Gasteiger partial charge in [-0.15, -0.1) is 0 Å². The molecule has 0 fully saturated rings. The Morgan fingerprint density at radius 1 is 1.67 bits per heavy atom. The van der Waals surface area contributed by atoms with Gasteiger partial charge in [0.25, 0.3) is 0 Å². The molecule has 48 valence electrons. The van der Waals surface area contributed by atoms with Crippen LogP contribution in [0.15, 0.2) is 4.99 Å². The molecule has 0 aromatic heterocycles. The van der Waals surface area contributed by atoms with Crippen LogP contribution in [0.4, 0.5) is 0 Å². The van der Waals surface area contributed by atoms with E-state index in [2.05, 4.69) is 36.1 Å². The maximum atomic E-state index is 3.97. The summed E-state index contributed by atoms with van der Waals surface area (Å²) in [5, 5.41) is 3.09. The van der Waals surface area contributed by atoms with E-state index in [0.29, 0.717) is 5.92 Å². The fourth-order valence-corrected chi connectivity index (χ4v) is 0.647. The number of aliphatic imine (C=N–C) groups is 1. The molecule has 0 atom stereocenters. The molecule has 1 N–H and O–H groups in total. The molecule has 1 rings (SSSR count). The van der Waals surface area contributed by atoms with Crippen LogP contribution in [0.2, 0.25) is 0 Å². The molecule has 1 heterocycles. The third-order valence-electron chi connectivity index (χ3n) is 1.16. The molecule has 0 aliphatic carbocycles. The Balaban J connectivity index is 2.63. The van der Waals surface area contributed by atoms with E-state index in [1.54, 1.807) is 0 Å². The van der Waals surface area contributed by atoms with Crippen LogP contribution in [0.25, 0.3) is 0 Å². The van der Waals surface area contributed by atoms with Crippen LogP contribution in [0, 0.1) is 17.9 Å². The first kappa shape index (κ1) is 6.15. The Labute approximate surface area is 55.4 Å². The fourth-order valence-electron chi connectivity index (χ4n) is 0.647. The number of hydrogen-bond donors (Lipinski definition) is 1. The lowest BCUT2D eigenvalue weighted by Crippen LogP contribution is -2.29. The number of rotatable bonds is 1. The third kappa shape index (κ3) is 1.46. The van der Waals surface area contributed by atoms with E-state index in [0.717, 1.165) is 12.4 Å². The van der Waals surface area contributed by atoms with Crippen LogP contribution >= 0.6 is 0 Å². The van der Waals surface area contributed by atoms with Crippen molar-refractivity contribution < 1.29 is 0 Å². The van der Waals surface area contributed by atoms with Crippen molar-refractivity contribution in [1.82, 2.24) is 5.32 Å². The summed E-state index contributed by atoms with van der Waals surface area (Å²) in [6.07, 6.45) is 0. The van der Waals surface area contributed by atoms with Crippen LogP contribution in [0.3, 0.4) is 0 Å². The summed E-state index contributed by atoms with van der Waals surface area (Å²) in [5.74, 6) is 4.30. The van der Waals surface area contributed by atoms with Crippen molar-refractivity contribution in [3.8, 4) is 12.0 Å². The highest BCUT2D eigenvalue weighted by Gasteiger charge is 2.03. The zero-order chi connectivity index (χ0) is 6.69. The molecule has 0 saturated heterocycles. The van der Waals surface area contributed by atoms with Gasteiger partial charge in [-0.3, -0.25) is 0 Å². The monoisotopic (exact) mass is 122 g/mol. The smallest absolute Gasteiger partial charge is 0.116 e. The predicted octanol–water partition coefficient (Wildman–Crippen LogP) is 0.605. The van der Waals surface area contributed by atoms with E-state index in [1.807, 2.05) is 0 Å². The first-order valence-corrected chi connectivity index (χ1v) is 3.10. The molecule has 0 aromatic rings. The normalized spacial score (nSPS) is 15.7. The van der Waals surface area contributed by atoms with Gasteiger partial charge in [0.2, 0.25) is 0 Å². The van der Waals surface area contributed by atoms with Crippen molar-refractivity contribution in [1.29, 1.82) is 0 Å². The van der Waals surface area contributed by atoms with Gasteiger partial charge in [-0.1, -0.05) is 19.8 Å². The van der Waals surface area contributed by atoms with Gasteiger partial charge in [0.05, 0.1) is 6.54 Å². The van der Waals surface area contributed by atoms with Gasteiger partial charge in [-0.05, 0) is 0 Å². The van der Waals surface area contributed by atoms with Crippen LogP contribution in [0.5, 0.6) is 0 Å². The van der Waals surface area contributed by atoms with Crippen molar-refractivity contribution >= 4 is 5.84 Å². The lowest BCUT2D eigenvalue weighted by Gasteiger charge is -2.10. The van der Waals surface area contributed by atoms with Gasteiger partial charge in [-0.25, -0.2) is 0 Å². The second kappa shape index (κ2) is 2.54. The average Bonchev–Trinajstić information content (AvgIpc) is 1.90. The first-order chi connectivity index (χ1) is 4.30. The number of nitrogens with zero attached hydrogens (tertiary/aromatic N) is 1. The quantitative estimate of drug-likeness (QED) is 0.506. The molecule has 0 amide bonds. The van der Waals surface area contributed by atoms with Crippen molar-refractivity contribution in [2.45, 2.75) is 13.8 Å². The van der Waals surface area contributed by atoms with Gasteiger partial charge in [0.1, 0.15) is 5.84 Å². The van der Waals surface area contributed by atoms with Crippen LogP contribution in [-0.2, 0) is 0 Å². The van der Waals surface area contributed by atoms with Crippen molar-refractivity contribution in [3.05, 3.63) is 0 Å². The third-order valence-corrected chi connectivity index (χ3v) is 1.16. The zero-order valence-electron chi connectivity index (χ0n) is 5.73. The summed E-state index contributed by atoms with van der Waals surface area (Å²) in [6.45, 7) is 4.94. The Hall–Kier alpha value is -0.970. The predicted molar refractivity (Wildman–Crippen MR) is 38.1 cm³/mol. The van der Waals surface area contributed by atoms with Crippen molar-refractivity contribution in [2.24, 2.45) is 10.9 Å². The Bertz CT molecular complexity index is 181. The second-order valence-corrected chi connectivity index (χ2v) is 2.29. The minimum absolute atomic E-state index is 0.472. The number of amidine groups is 1. The number of nitrogens with one attached hydrogen (secondary N) is 1. The van der Waals surface area contributed by atoms with E-state index < -0.39 is 0 Å². The highest BCUT2D eigenvalue weighted by molar-refractivity contribution is 5.85. The molecule has 0 unspecified atom stereocenters. The van der Waals surface area contributed by atoms with Gasteiger partial charge in [0, 0.05) is 12.0 Å². The largest absolute Gasteiger partial charge is 0.362 e. The summed E-state index contributed by atoms with van der Waals surface area (Å²) < 4.78 is 0. The second-order valence-electron chi connectivity index (χ2n) is 2.29. The van der Waals surface area contributed by atoms with E-state index in [4.69, 9.17) is 0 Å². The summed E-state index contributed by atoms with van der Waals surface area (Å²) in [4.78, 5) is 3.97. The first-order valence-electron chi connectivity index (χ1n) is 3.10. The summed E-state index contributed by atoms with van der Waals surface area (Å²) >= 11 is 0. The van der Waals surface area contributed by atoms with Crippen LogP contribution in [-0.4, -0.2) is 12.4 Å². The molecule has 0 aromatic carbocycles. The topological polar surface area (TPSA) is 24.4 Å². The van der Waals surface area contributed by atoms with Crippen molar-refractivity contribution in [2.75, 3.05) is 6.54 Å². The maximum Gasteiger partial charge on any atom is 0.116 e. The lowest BCUT2D eigenvalue weighted by atomic mass is 10.2. The van der Waals surface area contributed by atoms with Gasteiger partial charge < -0.3 is 5.32 Å². The van der Waals surface area contributed by atoms with E-state index in [9.17, 15) is 0 Å². The molecule has 0 saturated carbocycles. The molecule has 0 radical (unpaired) electrons. The highest BCUT2D eigenvalue weighted by Crippen LogP contribution is 1.94. The maximum absolute atomic E-state index is 3.97. The standard InChI is InChI=1S/C7H10N2/c1-6(2)7-8-4-3-5-9-7/h6H,4H2,1-2H3,(H,8,9). The summed E-state index contributed by atoms with van der Waals surface area (Å²) in [5.41, 5.74) is 0. The molecule has 1 aliphatic heterocycles. The minimum atomic E-state index is 0.472. The summed E-state index contributed by atoms with van der Waals surface area (Å²) in [7, 11) is 0. The number of hydrogen-bond acceptors (Lipinski definition) is 2. The Kier molecular flexibility index (Phi) is 1.74. The van der Waals surface area contributed by atoms with Crippen LogP contribution < -0.4 is 5.32 Å². The lowest BCUT2D eigenvalue weighted by molar-refractivity contribution is 0.821. The van der Waals surface area contributed by atoms with Gasteiger partial charge in [-0.2, -0.15) is 4.99 Å². The van der Waals surface area contributed by atoms with E-state index in [1.165, 1.54) is 0 Å². The molecular weight excluding hydrogens is 112 g/mol. The SMILES string of the molecule is CC(C)C1=NC#CCN1. The molecule has 0 bridgehead atoms. The molecule has 1 aliphatic rings. The Morgan fingerprint density at radius 3 is 2.78 bits per heavy atom. The molecule has 0 spiro atoms. The minimum Gasteiger partial charge on any atom is -0.362 e. The van der Waals surface area contributed by atoms with Crippen LogP contribution in [0.1, 0.15) is 13.8 Å². The zero-order valence-corrected chi connectivity index (χ0v) is 5.73. The highest BCUT2D eigenvalue weighted by atomic mass is 15.0. The van der Waals surface area contributed by atoms with Gasteiger partial charge >= 0.3 is 0 Å². The molecule has 2 nitrogen and oxygen atoms in total. The molecule has 2 heteroatoms. The molecular formula is C7H10N2. The average molecular weight is 122 g/mol. The van der Waals surface area contributed by atoms with E-state index in [-0.39, 0.29) is 0 Å². The van der Waals surface area contributed by atoms with Gasteiger partial charge in [0.15, 0.2) is 0 Å². The Morgan fingerprint density at radius 2 is 2.44 bits per heavy atom.